The summed E-state index contributed by atoms with van der Waals surface area (Å²) < 4.78 is 11.3. The molecule has 1 aromatic rings. The lowest BCUT2D eigenvalue weighted by molar-refractivity contribution is -0.152. The summed E-state index contributed by atoms with van der Waals surface area (Å²) in [5.41, 5.74) is -0.636. The smallest absolute Gasteiger partial charge is 0.414 e. The molecule has 1 aliphatic carbocycles. The van der Waals surface area contributed by atoms with E-state index in [0.717, 1.165) is 11.3 Å². The molecule has 0 N–H and O–H groups in total. The molecule has 28 heavy (non-hydrogen) atoms. The molecule has 4 atom stereocenters. The van der Waals surface area contributed by atoms with E-state index in [1.165, 1.54) is 7.11 Å². The van der Waals surface area contributed by atoms with Gasteiger partial charge in [-0.05, 0) is 25.3 Å². The zero-order valence-corrected chi connectivity index (χ0v) is 15.5. The van der Waals surface area contributed by atoms with E-state index in [1.54, 1.807) is 11.0 Å². The van der Waals surface area contributed by atoms with Crippen LogP contribution in [0.5, 0.6) is 0 Å². The molecule has 3 saturated heterocycles. The van der Waals surface area contributed by atoms with Gasteiger partial charge in [0.25, 0.3) is 0 Å². The van der Waals surface area contributed by atoms with Gasteiger partial charge in [0.1, 0.15) is 5.54 Å². The Hall–Kier alpha value is -2.83. The minimum absolute atomic E-state index is 0.00578. The van der Waals surface area contributed by atoms with Gasteiger partial charge in [-0.3, -0.25) is 14.5 Å². The number of carbonyl (C=O) groups excluding carboxylic acids is 3. The molecule has 0 radical (unpaired) electrons. The van der Waals surface area contributed by atoms with E-state index in [0.29, 0.717) is 32.2 Å². The highest BCUT2D eigenvalue weighted by molar-refractivity contribution is 5.99. The minimum atomic E-state index is -0.949. The Kier molecular flexibility index (Phi) is 2.75. The molecule has 4 fully saturated rings. The van der Waals surface area contributed by atoms with Crippen molar-refractivity contribution in [3.8, 4) is 0 Å². The van der Waals surface area contributed by atoms with Crippen LogP contribution in [0.3, 0.4) is 0 Å². The zero-order chi connectivity index (χ0) is 19.3. The highest BCUT2D eigenvalue weighted by atomic mass is 16.6. The van der Waals surface area contributed by atoms with Gasteiger partial charge < -0.3 is 14.4 Å². The van der Waals surface area contributed by atoms with E-state index in [1.807, 2.05) is 35.2 Å². The van der Waals surface area contributed by atoms with Gasteiger partial charge in [-0.2, -0.15) is 0 Å². The molecule has 6 aliphatic rings. The van der Waals surface area contributed by atoms with Crippen molar-refractivity contribution in [2.24, 2.45) is 5.92 Å². The normalized spacial score (nSPS) is 39.2. The van der Waals surface area contributed by atoms with Crippen molar-refractivity contribution < 1.29 is 23.9 Å². The Morgan fingerprint density at radius 2 is 2.04 bits per heavy atom. The first-order valence-corrected chi connectivity index (χ1v) is 9.71. The average Bonchev–Trinajstić information content (AvgIpc) is 3.21. The monoisotopic (exact) mass is 380 g/mol. The molecular formula is C21H20N2O5. The zero-order valence-electron chi connectivity index (χ0n) is 15.5. The third kappa shape index (κ3) is 1.46. The molecular weight excluding hydrogens is 360 g/mol. The average molecular weight is 380 g/mol. The maximum absolute atomic E-state index is 13.2. The molecule has 1 aromatic carbocycles. The fraction of sp³-hybridized carbons (Fsp3) is 0.476. The van der Waals surface area contributed by atoms with E-state index in [-0.39, 0.29) is 11.9 Å². The maximum Gasteiger partial charge on any atom is 0.414 e. The number of anilines is 1. The first-order valence-electron chi connectivity index (χ1n) is 9.71. The van der Waals surface area contributed by atoms with Gasteiger partial charge in [0.2, 0.25) is 5.91 Å². The SMILES string of the molecule is COC(=O)N1c2ccccc2C23CCN4C(=O)C=CC45CCC12C(C5)C(=O)O3. The molecule has 7 heteroatoms. The van der Waals surface area contributed by atoms with Crippen molar-refractivity contribution in [2.45, 2.75) is 42.4 Å². The van der Waals surface area contributed by atoms with Crippen LogP contribution in [0.1, 0.15) is 31.2 Å². The van der Waals surface area contributed by atoms with Gasteiger partial charge in [-0.15, -0.1) is 0 Å². The van der Waals surface area contributed by atoms with Gasteiger partial charge >= 0.3 is 12.1 Å². The Bertz CT molecular complexity index is 989. The molecule has 7 rings (SSSR count). The second-order valence-corrected chi connectivity index (χ2v) is 8.43. The number of fused-ring (bicyclic) bond motifs is 3. The lowest BCUT2D eigenvalue weighted by atomic mass is 9.58. The van der Waals surface area contributed by atoms with Crippen molar-refractivity contribution in [1.82, 2.24) is 4.90 Å². The number of esters is 1. The number of rotatable bonds is 0. The third-order valence-electron chi connectivity index (χ3n) is 7.70. The fourth-order valence-corrected chi connectivity index (χ4v) is 6.64. The fourth-order valence-electron chi connectivity index (χ4n) is 6.64. The number of amides is 2. The highest BCUT2D eigenvalue weighted by Gasteiger charge is 2.78. The number of nitrogens with zero attached hydrogens (tertiary/aromatic N) is 2. The predicted molar refractivity (Wildman–Crippen MR) is 97.4 cm³/mol. The summed E-state index contributed by atoms with van der Waals surface area (Å²) in [5, 5.41) is 0. The molecule has 5 heterocycles. The van der Waals surface area contributed by atoms with E-state index in [4.69, 9.17) is 9.47 Å². The largest absolute Gasteiger partial charge is 0.452 e. The van der Waals surface area contributed by atoms with Gasteiger partial charge in [-0.25, -0.2) is 4.79 Å². The molecule has 4 bridgehead atoms. The molecule has 5 aliphatic heterocycles. The molecule has 2 spiro atoms. The lowest BCUT2D eigenvalue weighted by Crippen LogP contribution is -2.69. The summed E-state index contributed by atoms with van der Waals surface area (Å²) in [4.78, 5) is 42.3. The van der Waals surface area contributed by atoms with Gasteiger partial charge in [0.15, 0.2) is 5.60 Å². The first kappa shape index (κ1) is 16.2. The number of para-hydroxylation sites is 1. The van der Waals surface area contributed by atoms with E-state index in [2.05, 4.69) is 0 Å². The van der Waals surface area contributed by atoms with Crippen LogP contribution in [-0.4, -0.2) is 47.6 Å². The van der Waals surface area contributed by atoms with Crippen LogP contribution < -0.4 is 4.90 Å². The van der Waals surface area contributed by atoms with Crippen LogP contribution in [-0.2, 0) is 24.7 Å². The first-order chi connectivity index (χ1) is 13.5. The van der Waals surface area contributed by atoms with Crippen molar-refractivity contribution in [2.75, 3.05) is 18.6 Å². The summed E-state index contributed by atoms with van der Waals surface area (Å²) in [5.74, 6) is -0.795. The third-order valence-corrected chi connectivity index (χ3v) is 7.70. The molecule has 1 saturated carbocycles. The second kappa shape index (κ2) is 4.77. The van der Waals surface area contributed by atoms with Crippen LogP contribution in [0.25, 0.3) is 0 Å². The van der Waals surface area contributed by atoms with E-state index in [9.17, 15) is 14.4 Å². The quantitative estimate of drug-likeness (QED) is 0.645. The Morgan fingerprint density at radius 1 is 1.21 bits per heavy atom. The summed E-state index contributed by atoms with van der Waals surface area (Å²) in [7, 11) is 1.37. The number of hydrogen-bond donors (Lipinski definition) is 0. The van der Waals surface area contributed by atoms with Crippen molar-refractivity contribution in [3.05, 3.63) is 42.0 Å². The number of hydrogen-bond acceptors (Lipinski definition) is 5. The molecule has 7 nitrogen and oxygen atoms in total. The minimum Gasteiger partial charge on any atom is -0.452 e. The van der Waals surface area contributed by atoms with Crippen LogP contribution in [0, 0.1) is 5.92 Å². The van der Waals surface area contributed by atoms with Gasteiger partial charge in [-0.1, -0.05) is 24.3 Å². The predicted octanol–water partition coefficient (Wildman–Crippen LogP) is 2.10. The van der Waals surface area contributed by atoms with Gasteiger partial charge in [0, 0.05) is 24.6 Å². The van der Waals surface area contributed by atoms with Gasteiger partial charge in [0.05, 0.1) is 24.3 Å². The van der Waals surface area contributed by atoms with Crippen molar-refractivity contribution in [1.29, 1.82) is 0 Å². The second-order valence-electron chi connectivity index (χ2n) is 8.43. The standard InChI is InChI=1S/C21H20N2O5/c1-27-18(26)23-15-5-3-2-4-13(15)21-10-11-22-16(24)6-7-19(22)8-9-20(21,23)14(12-19)17(25)28-21/h2-7,14H,8-12H2,1H3. The molecule has 0 aromatic heterocycles. The number of carbonyl (C=O) groups is 3. The summed E-state index contributed by atoms with van der Waals surface area (Å²) in [6, 6.07) is 7.60. The number of benzene rings is 1. The van der Waals surface area contributed by atoms with Crippen molar-refractivity contribution in [3.63, 3.8) is 0 Å². The lowest BCUT2D eigenvalue weighted by Gasteiger charge is -2.55. The Morgan fingerprint density at radius 3 is 2.86 bits per heavy atom. The molecule has 4 unspecified atom stereocenters. The molecule has 144 valence electrons. The van der Waals surface area contributed by atoms with Crippen LogP contribution in [0.2, 0.25) is 0 Å². The summed E-state index contributed by atoms with van der Waals surface area (Å²) in [6.45, 7) is 0.483. The molecule has 2 amide bonds. The van der Waals surface area contributed by atoms with Crippen molar-refractivity contribution >= 4 is 23.7 Å². The van der Waals surface area contributed by atoms with Crippen LogP contribution in [0.4, 0.5) is 10.5 Å². The Labute approximate surface area is 161 Å². The Balaban J connectivity index is 1.64. The number of methoxy groups -OCH3 is 1. The van der Waals surface area contributed by atoms with Crippen LogP contribution in [0.15, 0.2) is 36.4 Å². The number of ether oxygens (including phenoxy) is 2. The summed E-state index contributed by atoms with van der Waals surface area (Å²) in [6.07, 6.45) is 5.30. The van der Waals surface area contributed by atoms with Crippen LogP contribution >= 0.6 is 0 Å². The van der Waals surface area contributed by atoms with E-state index < -0.39 is 28.7 Å². The summed E-state index contributed by atoms with van der Waals surface area (Å²) >= 11 is 0. The topological polar surface area (TPSA) is 76.2 Å². The van der Waals surface area contributed by atoms with E-state index >= 15 is 0 Å². The maximum atomic E-state index is 13.2. The highest BCUT2D eigenvalue weighted by Crippen LogP contribution is 2.68.